The first-order chi connectivity index (χ1) is 7.59. The maximum absolute atomic E-state index is 12.0. The van der Waals surface area contributed by atoms with Crippen molar-refractivity contribution >= 4 is 46.0 Å². The molecule has 2 nitrogen and oxygen atoms in total. The Balaban J connectivity index is 2.46. The van der Waals surface area contributed by atoms with E-state index in [0.717, 1.165) is 0 Å². The first-order valence-electron chi connectivity index (χ1n) is 4.42. The van der Waals surface area contributed by atoms with Gasteiger partial charge >= 0.3 is 0 Å². The summed E-state index contributed by atoms with van der Waals surface area (Å²) in [6.07, 6.45) is 0. The van der Waals surface area contributed by atoms with Gasteiger partial charge in [-0.1, -0.05) is 29.3 Å². The van der Waals surface area contributed by atoms with Crippen LogP contribution < -0.4 is 5.73 Å². The van der Waals surface area contributed by atoms with E-state index in [9.17, 15) is 4.79 Å². The molecule has 2 aromatic rings. The van der Waals surface area contributed by atoms with E-state index in [1.54, 1.807) is 6.07 Å². The molecule has 0 unspecified atom stereocenters. The Kier molecular flexibility index (Phi) is 3.19. The minimum atomic E-state index is -0.0970. The van der Waals surface area contributed by atoms with Gasteiger partial charge in [0.15, 0.2) is 0 Å². The Morgan fingerprint density at radius 2 is 2.06 bits per heavy atom. The zero-order valence-electron chi connectivity index (χ0n) is 8.04. The zero-order valence-corrected chi connectivity index (χ0v) is 10.4. The van der Waals surface area contributed by atoms with E-state index >= 15 is 0 Å². The van der Waals surface area contributed by atoms with Crippen LogP contribution in [0.5, 0.6) is 0 Å². The lowest BCUT2D eigenvalue weighted by Gasteiger charge is -2.04. The van der Waals surface area contributed by atoms with Crippen molar-refractivity contribution < 1.29 is 4.79 Å². The quantitative estimate of drug-likeness (QED) is 0.666. The summed E-state index contributed by atoms with van der Waals surface area (Å²) in [6.45, 7) is 0. The van der Waals surface area contributed by atoms with Crippen molar-refractivity contribution in [3.05, 3.63) is 50.1 Å². The molecule has 0 fully saturated rings. The molecule has 2 rings (SSSR count). The van der Waals surface area contributed by atoms with Gasteiger partial charge in [-0.15, -0.1) is 11.3 Å². The molecular weight excluding hydrogens is 265 g/mol. The van der Waals surface area contributed by atoms with Gasteiger partial charge in [-0.3, -0.25) is 4.79 Å². The predicted octanol–water partition coefficient (Wildman–Crippen LogP) is 3.87. The number of hydrogen-bond acceptors (Lipinski definition) is 3. The zero-order chi connectivity index (χ0) is 11.7. The summed E-state index contributed by atoms with van der Waals surface area (Å²) in [4.78, 5) is 12.6. The molecule has 2 N–H and O–H groups in total. The number of nitrogens with two attached hydrogens (primary N) is 1. The van der Waals surface area contributed by atoms with Gasteiger partial charge in [0.05, 0.1) is 20.6 Å². The molecule has 0 saturated heterocycles. The number of rotatable bonds is 2. The second kappa shape index (κ2) is 4.45. The number of hydrogen-bond donors (Lipinski definition) is 1. The van der Waals surface area contributed by atoms with E-state index in [-0.39, 0.29) is 10.8 Å². The number of halogens is 2. The molecular formula is C11H7Cl2NOS. The van der Waals surface area contributed by atoms with Crippen molar-refractivity contribution in [2.24, 2.45) is 0 Å². The third-order valence-corrected chi connectivity index (χ3v) is 3.75. The van der Waals surface area contributed by atoms with Crippen molar-refractivity contribution in [1.29, 1.82) is 0 Å². The van der Waals surface area contributed by atoms with Gasteiger partial charge in [0.1, 0.15) is 0 Å². The lowest BCUT2D eigenvalue weighted by molar-refractivity contribution is 0.104. The maximum Gasteiger partial charge on any atom is 0.203 e. The molecule has 82 valence electrons. The first kappa shape index (κ1) is 11.5. The van der Waals surface area contributed by atoms with Crippen LogP contribution in [0.1, 0.15) is 15.2 Å². The van der Waals surface area contributed by atoms with E-state index in [1.807, 2.05) is 11.4 Å². The van der Waals surface area contributed by atoms with Gasteiger partial charge in [-0.2, -0.15) is 0 Å². The van der Waals surface area contributed by atoms with E-state index in [1.165, 1.54) is 23.5 Å². The highest BCUT2D eigenvalue weighted by atomic mass is 35.5. The van der Waals surface area contributed by atoms with Crippen LogP contribution in [-0.2, 0) is 0 Å². The Hall–Kier alpha value is -1.03. The first-order valence-corrected chi connectivity index (χ1v) is 6.06. The average molecular weight is 272 g/mol. The van der Waals surface area contributed by atoms with Crippen molar-refractivity contribution in [3.8, 4) is 0 Å². The molecule has 0 saturated carbocycles. The fourth-order valence-corrected chi connectivity index (χ4v) is 2.31. The largest absolute Gasteiger partial charge is 0.397 e. The highest BCUT2D eigenvalue weighted by molar-refractivity contribution is 7.12. The van der Waals surface area contributed by atoms with Crippen LogP contribution in [0.2, 0.25) is 10.0 Å². The van der Waals surface area contributed by atoms with Gasteiger partial charge in [0.25, 0.3) is 0 Å². The molecule has 0 radical (unpaired) electrons. The van der Waals surface area contributed by atoms with Crippen LogP contribution >= 0.6 is 34.5 Å². The maximum atomic E-state index is 12.0. The summed E-state index contributed by atoms with van der Waals surface area (Å²) in [7, 11) is 0. The highest BCUT2D eigenvalue weighted by Crippen LogP contribution is 2.30. The molecule has 0 atom stereocenters. The van der Waals surface area contributed by atoms with Crippen molar-refractivity contribution in [2.75, 3.05) is 5.73 Å². The molecule has 0 aliphatic carbocycles. The van der Waals surface area contributed by atoms with Crippen LogP contribution in [0.4, 0.5) is 5.69 Å². The third kappa shape index (κ3) is 2.07. The molecule has 16 heavy (non-hydrogen) atoms. The summed E-state index contributed by atoms with van der Waals surface area (Å²) in [6, 6.07) is 6.64. The topological polar surface area (TPSA) is 43.1 Å². The molecule has 1 aromatic carbocycles. The minimum absolute atomic E-state index is 0.0970. The summed E-state index contributed by atoms with van der Waals surface area (Å²) in [5.41, 5.74) is 6.41. The monoisotopic (exact) mass is 271 g/mol. The standard InChI is InChI=1S/C11H7Cl2NOS/c12-7-4-6(5-8(14)10(7)13)11(15)9-2-1-3-16-9/h1-5H,14H2. The van der Waals surface area contributed by atoms with E-state index in [2.05, 4.69) is 0 Å². The molecule has 0 aliphatic heterocycles. The normalized spacial score (nSPS) is 10.4. The average Bonchev–Trinajstić information content (AvgIpc) is 2.77. The van der Waals surface area contributed by atoms with Crippen LogP contribution in [0.3, 0.4) is 0 Å². The third-order valence-electron chi connectivity index (χ3n) is 2.06. The number of nitrogen functional groups attached to an aromatic ring is 1. The van der Waals surface area contributed by atoms with Crippen LogP contribution in [-0.4, -0.2) is 5.78 Å². The highest BCUT2D eigenvalue weighted by Gasteiger charge is 2.13. The number of ketones is 1. The smallest absolute Gasteiger partial charge is 0.203 e. The van der Waals surface area contributed by atoms with Gasteiger partial charge in [0, 0.05) is 5.56 Å². The Morgan fingerprint density at radius 1 is 1.31 bits per heavy atom. The van der Waals surface area contributed by atoms with E-state index in [0.29, 0.717) is 21.2 Å². The lowest BCUT2D eigenvalue weighted by Crippen LogP contribution is -2.00. The second-order valence-corrected chi connectivity index (χ2v) is 4.90. The predicted molar refractivity (Wildman–Crippen MR) is 68.6 cm³/mol. The van der Waals surface area contributed by atoms with Crippen molar-refractivity contribution in [2.45, 2.75) is 0 Å². The Bertz CT molecular complexity index is 514. The Labute approximate surface area is 107 Å². The SMILES string of the molecule is Nc1cc(C(=O)c2cccs2)cc(Cl)c1Cl. The minimum Gasteiger partial charge on any atom is -0.397 e. The molecule has 0 spiro atoms. The lowest BCUT2D eigenvalue weighted by atomic mass is 10.1. The van der Waals surface area contributed by atoms with Crippen LogP contribution in [0, 0.1) is 0 Å². The number of thiophene rings is 1. The van der Waals surface area contributed by atoms with Crippen molar-refractivity contribution in [1.82, 2.24) is 0 Å². The Morgan fingerprint density at radius 3 is 2.62 bits per heavy atom. The molecule has 1 aromatic heterocycles. The molecule has 0 aliphatic rings. The molecule has 0 bridgehead atoms. The van der Waals surface area contributed by atoms with E-state index in [4.69, 9.17) is 28.9 Å². The number of carbonyl (C=O) groups excluding carboxylic acids is 1. The van der Waals surface area contributed by atoms with E-state index < -0.39 is 0 Å². The van der Waals surface area contributed by atoms with Crippen molar-refractivity contribution in [3.63, 3.8) is 0 Å². The second-order valence-electron chi connectivity index (χ2n) is 3.17. The number of anilines is 1. The summed E-state index contributed by atoms with van der Waals surface area (Å²) < 4.78 is 0. The number of carbonyl (C=O) groups is 1. The van der Waals surface area contributed by atoms with Gasteiger partial charge in [0.2, 0.25) is 5.78 Å². The van der Waals surface area contributed by atoms with Gasteiger partial charge < -0.3 is 5.73 Å². The van der Waals surface area contributed by atoms with Crippen LogP contribution in [0.25, 0.3) is 0 Å². The van der Waals surface area contributed by atoms with Gasteiger partial charge in [-0.05, 0) is 23.6 Å². The fourth-order valence-electron chi connectivity index (χ4n) is 1.29. The summed E-state index contributed by atoms with van der Waals surface area (Å²) in [5.74, 6) is -0.0970. The summed E-state index contributed by atoms with van der Waals surface area (Å²) >= 11 is 13.1. The number of benzene rings is 1. The summed E-state index contributed by atoms with van der Waals surface area (Å²) in [5, 5.41) is 2.42. The molecule has 5 heteroatoms. The molecule has 0 amide bonds. The fraction of sp³-hybridized carbons (Fsp3) is 0. The van der Waals surface area contributed by atoms with Gasteiger partial charge in [-0.25, -0.2) is 0 Å². The molecule has 1 heterocycles. The van der Waals surface area contributed by atoms with Crippen LogP contribution in [0.15, 0.2) is 29.6 Å².